The zero-order valence-corrected chi connectivity index (χ0v) is 17.2. The maximum absolute atomic E-state index is 12.9. The van der Waals surface area contributed by atoms with Crippen molar-refractivity contribution in [1.29, 1.82) is 0 Å². The van der Waals surface area contributed by atoms with Gasteiger partial charge in [-0.05, 0) is 43.1 Å². The van der Waals surface area contributed by atoms with E-state index in [0.717, 1.165) is 32.7 Å². The zero-order chi connectivity index (χ0) is 19.5. The van der Waals surface area contributed by atoms with Crippen LogP contribution in [0.4, 0.5) is 0 Å². The molecule has 0 aliphatic carbocycles. The number of likely N-dealkylation sites (N-methyl/N-ethyl adjacent to an activating group) is 1. The van der Waals surface area contributed by atoms with Crippen molar-refractivity contribution in [3.05, 3.63) is 46.2 Å². The zero-order valence-electron chi connectivity index (χ0n) is 16.4. The number of nitrogens with zero attached hydrogens (tertiary/aromatic N) is 2. The lowest BCUT2D eigenvalue weighted by Gasteiger charge is -2.41. The van der Waals surface area contributed by atoms with Gasteiger partial charge in [-0.15, -0.1) is 11.3 Å². The largest absolute Gasteiger partial charge is 0.454 e. The molecule has 4 rings (SSSR count). The van der Waals surface area contributed by atoms with Gasteiger partial charge in [0.15, 0.2) is 11.5 Å². The third kappa shape index (κ3) is 4.01. The highest BCUT2D eigenvalue weighted by molar-refractivity contribution is 7.10. The molecule has 2 aliphatic rings. The highest BCUT2D eigenvalue weighted by Crippen LogP contribution is 2.33. The second kappa shape index (κ2) is 8.51. The Kier molecular flexibility index (Phi) is 5.85. The number of thiophene rings is 1. The van der Waals surface area contributed by atoms with Crippen molar-refractivity contribution in [2.75, 3.05) is 39.5 Å². The van der Waals surface area contributed by atoms with E-state index >= 15 is 0 Å². The number of fused-ring (bicyclic) bond motifs is 1. The summed E-state index contributed by atoms with van der Waals surface area (Å²) in [5, 5.41) is 5.32. The molecule has 0 saturated carbocycles. The molecule has 1 aromatic heterocycles. The van der Waals surface area contributed by atoms with E-state index in [-0.39, 0.29) is 24.8 Å². The molecule has 0 radical (unpaired) electrons. The van der Waals surface area contributed by atoms with Crippen LogP contribution in [0.2, 0.25) is 0 Å². The first kappa shape index (κ1) is 19.2. The van der Waals surface area contributed by atoms with E-state index in [2.05, 4.69) is 46.5 Å². The number of benzene rings is 1. The topological polar surface area (TPSA) is 54.0 Å². The van der Waals surface area contributed by atoms with Crippen LogP contribution < -0.4 is 14.8 Å². The second-order valence-corrected chi connectivity index (χ2v) is 8.24. The highest BCUT2D eigenvalue weighted by Gasteiger charge is 2.31. The maximum Gasteiger partial charge on any atom is 0.251 e. The van der Waals surface area contributed by atoms with Crippen LogP contribution in [0.15, 0.2) is 35.7 Å². The Morgan fingerprint density at radius 2 is 1.96 bits per heavy atom. The monoisotopic (exact) mass is 401 g/mol. The first-order chi connectivity index (χ1) is 13.7. The Balaban J connectivity index is 1.48. The second-order valence-electron chi connectivity index (χ2n) is 7.26. The summed E-state index contributed by atoms with van der Waals surface area (Å²) < 4.78 is 10.7. The van der Waals surface area contributed by atoms with Gasteiger partial charge in [-0.25, -0.2) is 0 Å². The van der Waals surface area contributed by atoms with Crippen LogP contribution >= 0.6 is 11.3 Å². The molecule has 2 atom stereocenters. The molecule has 2 aliphatic heterocycles. The Bertz CT molecular complexity index is 803. The number of piperazine rings is 1. The lowest BCUT2D eigenvalue weighted by atomic mass is 10.0. The van der Waals surface area contributed by atoms with Crippen LogP contribution in [0.1, 0.15) is 35.1 Å². The third-order valence-corrected chi connectivity index (χ3v) is 6.49. The molecule has 0 bridgehead atoms. The summed E-state index contributed by atoms with van der Waals surface area (Å²) >= 11 is 1.76. The van der Waals surface area contributed by atoms with E-state index in [1.54, 1.807) is 29.5 Å². The van der Waals surface area contributed by atoms with Gasteiger partial charge < -0.3 is 19.7 Å². The molecule has 3 heterocycles. The van der Waals surface area contributed by atoms with Gasteiger partial charge in [0.05, 0.1) is 6.04 Å². The van der Waals surface area contributed by atoms with Crippen molar-refractivity contribution in [2.45, 2.75) is 25.9 Å². The molecule has 1 N–H and O–H groups in total. The Morgan fingerprint density at radius 1 is 1.18 bits per heavy atom. The average Bonchev–Trinajstić information content (AvgIpc) is 3.40. The van der Waals surface area contributed by atoms with Crippen LogP contribution in [-0.4, -0.2) is 61.3 Å². The summed E-state index contributed by atoms with van der Waals surface area (Å²) in [7, 11) is 0. The summed E-state index contributed by atoms with van der Waals surface area (Å²) in [4.78, 5) is 19.1. The number of carbonyl (C=O) groups excluding carboxylic acids is 1. The average molecular weight is 402 g/mol. The van der Waals surface area contributed by atoms with Crippen LogP contribution in [0.25, 0.3) is 0 Å². The maximum atomic E-state index is 12.9. The van der Waals surface area contributed by atoms with Gasteiger partial charge in [0.25, 0.3) is 5.91 Å². The fourth-order valence-electron chi connectivity index (χ4n) is 3.97. The first-order valence-electron chi connectivity index (χ1n) is 9.86. The third-order valence-electron chi connectivity index (χ3n) is 5.55. The molecule has 6 nitrogen and oxygen atoms in total. The molecule has 2 aromatic rings. The summed E-state index contributed by atoms with van der Waals surface area (Å²) in [5.41, 5.74) is 0.594. The first-order valence-corrected chi connectivity index (χ1v) is 10.7. The molecule has 1 amide bonds. The van der Waals surface area contributed by atoms with Gasteiger partial charge >= 0.3 is 0 Å². The SMILES string of the molecule is CCN1CCN([C@@H](c2cccs2)[C@H](C)NC(=O)c2ccc3c(c2)OCO3)CC1. The fourth-order valence-corrected chi connectivity index (χ4v) is 4.93. The predicted octanol–water partition coefficient (Wildman–Crippen LogP) is 2.97. The molecule has 0 spiro atoms. The highest BCUT2D eigenvalue weighted by atomic mass is 32.1. The molecule has 7 heteroatoms. The molecule has 1 saturated heterocycles. The molecule has 28 heavy (non-hydrogen) atoms. The van der Waals surface area contributed by atoms with E-state index in [4.69, 9.17) is 9.47 Å². The lowest BCUT2D eigenvalue weighted by Crippen LogP contribution is -2.52. The van der Waals surface area contributed by atoms with Crippen LogP contribution in [0, 0.1) is 0 Å². The molecule has 1 aromatic carbocycles. The molecular weight excluding hydrogens is 374 g/mol. The summed E-state index contributed by atoms with van der Waals surface area (Å²) in [6.45, 7) is 9.78. The molecule has 0 unspecified atom stereocenters. The van der Waals surface area contributed by atoms with Gasteiger partial charge in [-0.2, -0.15) is 0 Å². The molecule has 1 fully saturated rings. The van der Waals surface area contributed by atoms with Crippen molar-refractivity contribution >= 4 is 17.2 Å². The van der Waals surface area contributed by atoms with Gasteiger partial charge in [0.2, 0.25) is 6.79 Å². The Hall–Kier alpha value is -2.09. The number of ether oxygens (including phenoxy) is 2. The minimum absolute atomic E-state index is 0.00949. The quantitative estimate of drug-likeness (QED) is 0.807. The number of rotatable bonds is 6. The Morgan fingerprint density at radius 3 is 2.68 bits per heavy atom. The number of nitrogens with one attached hydrogen (secondary N) is 1. The van der Waals surface area contributed by atoms with Crippen molar-refractivity contribution in [3.8, 4) is 11.5 Å². The van der Waals surface area contributed by atoms with E-state index < -0.39 is 0 Å². The standard InChI is InChI=1S/C21H27N3O3S/c1-3-23-8-10-24(11-9-23)20(19-5-4-12-28-19)15(2)22-21(25)16-6-7-17-18(13-16)27-14-26-17/h4-7,12-13,15,20H,3,8-11,14H2,1-2H3,(H,22,25)/t15-,20+/m0/s1. The van der Waals surface area contributed by atoms with E-state index in [0.29, 0.717) is 17.1 Å². The van der Waals surface area contributed by atoms with Crippen LogP contribution in [0.5, 0.6) is 11.5 Å². The van der Waals surface area contributed by atoms with Crippen LogP contribution in [-0.2, 0) is 0 Å². The molecular formula is C21H27N3O3S. The smallest absolute Gasteiger partial charge is 0.251 e. The summed E-state index contributed by atoms with van der Waals surface area (Å²) in [5.74, 6) is 1.24. The summed E-state index contributed by atoms with van der Waals surface area (Å²) in [6.07, 6.45) is 0. The number of carbonyl (C=O) groups is 1. The number of hydrogen-bond acceptors (Lipinski definition) is 6. The number of amides is 1. The fraction of sp³-hybridized carbons (Fsp3) is 0.476. The van der Waals surface area contributed by atoms with E-state index in [1.165, 1.54) is 4.88 Å². The van der Waals surface area contributed by atoms with E-state index in [9.17, 15) is 4.79 Å². The van der Waals surface area contributed by atoms with Crippen LogP contribution in [0.3, 0.4) is 0 Å². The van der Waals surface area contributed by atoms with Gasteiger partial charge in [0.1, 0.15) is 0 Å². The number of hydrogen-bond donors (Lipinski definition) is 1. The minimum atomic E-state index is -0.0837. The molecule has 150 valence electrons. The van der Waals surface area contributed by atoms with Gasteiger partial charge in [-0.1, -0.05) is 13.0 Å². The van der Waals surface area contributed by atoms with Crippen molar-refractivity contribution in [2.24, 2.45) is 0 Å². The normalized spacial score (nSPS) is 19.4. The summed E-state index contributed by atoms with van der Waals surface area (Å²) in [6, 6.07) is 9.76. The van der Waals surface area contributed by atoms with Gasteiger partial charge in [0, 0.05) is 42.7 Å². The van der Waals surface area contributed by atoms with Crippen molar-refractivity contribution in [3.63, 3.8) is 0 Å². The minimum Gasteiger partial charge on any atom is -0.454 e. The van der Waals surface area contributed by atoms with Crippen molar-refractivity contribution in [1.82, 2.24) is 15.1 Å². The van der Waals surface area contributed by atoms with Crippen molar-refractivity contribution < 1.29 is 14.3 Å². The lowest BCUT2D eigenvalue weighted by molar-refractivity contribution is 0.0753. The van der Waals surface area contributed by atoms with Gasteiger partial charge in [-0.3, -0.25) is 9.69 Å². The predicted molar refractivity (Wildman–Crippen MR) is 110 cm³/mol. The van der Waals surface area contributed by atoms with E-state index in [1.807, 2.05) is 0 Å². The Labute approximate surface area is 170 Å².